The van der Waals surface area contributed by atoms with Gasteiger partial charge >= 0.3 is 0 Å². The number of thiocarbonyl (C=S) groups is 1. The van der Waals surface area contributed by atoms with Crippen LogP contribution in [0.3, 0.4) is 0 Å². The first-order valence-electron chi connectivity index (χ1n) is 7.32. The quantitative estimate of drug-likeness (QED) is 0.831. The Morgan fingerprint density at radius 3 is 2.64 bits per heavy atom. The molecular weight excluding hydrogens is 299 g/mol. The van der Waals surface area contributed by atoms with Crippen LogP contribution >= 0.6 is 12.2 Å². The molecule has 0 bridgehead atoms. The van der Waals surface area contributed by atoms with Crippen molar-refractivity contribution in [3.05, 3.63) is 53.1 Å². The van der Waals surface area contributed by atoms with E-state index in [0.29, 0.717) is 11.7 Å². The lowest BCUT2D eigenvalue weighted by Crippen LogP contribution is -2.36. The minimum absolute atomic E-state index is 0.0773. The van der Waals surface area contributed by atoms with Crippen molar-refractivity contribution in [2.45, 2.75) is 39.9 Å². The van der Waals surface area contributed by atoms with Gasteiger partial charge in [0, 0.05) is 24.3 Å². The van der Waals surface area contributed by atoms with Crippen LogP contribution in [0.25, 0.3) is 0 Å². The zero-order valence-corrected chi connectivity index (χ0v) is 13.9. The highest BCUT2D eigenvalue weighted by atomic mass is 32.1. The SMILES string of the molecule is CCn1ncc(C(C)NC(=S)NCc2ccc(F)cc2)c1C. The van der Waals surface area contributed by atoms with Gasteiger partial charge in [-0.1, -0.05) is 12.1 Å². The molecule has 2 rings (SSSR count). The number of benzene rings is 1. The van der Waals surface area contributed by atoms with Gasteiger partial charge in [-0.3, -0.25) is 4.68 Å². The fourth-order valence-corrected chi connectivity index (χ4v) is 2.56. The van der Waals surface area contributed by atoms with Gasteiger partial charge in [0.05, 0.1) is 12.2 Å². The van der Waals surface area contributed by atoms with Gasteiger partial charge in [0.25, 0.3) is 0 Å². The number of hydrogen-bond acceptors (Lipinski definition) is 2. The Morgan fingerprint density at radius 1 is 1.36 bits per heavy atom. The smallest absolute Gasteiger partial charge is 0.167 e. The third-order valence-corrected chi connectivity index (χ3v) is 3.88. The van der Waals surface area contributed by atoms with E-state index >= 15 is 0 Å². The van der Waals surface area contributed by atoms with Crippen LogP contribution in [0.5, 0.6) is 0 Å². The first-order valence-corrected chi connectivity index (χ1v) is 7.73. The molecule has 0 spiro atoms. The molecule has 0 aliphatic carbocycles. The van der Waals surface area contributed by atoms with Crippen molar-refractivity contribution in [3.63, 3.8) is 0 Å². The van der Waals surface area contributed by atoms with Crippen molar-refractivity contribution >= 4 is 17.3 Å². The number of halogens is 1. The summed E-state index contributed by atoms with van der Waals surface area (Å²) in [6.07, 6.45) is 1.87. The minimum atomic E-state index is -0.235. The number of aromatic nitrogens is 2. The Labute approximate surface area is 135 Å². The number of nitrogens with one attached hydrogen (secondary N) is 2. The zero-order chi connectivity index (χ0) is 16.1. The summed E-state index contributed by atoms with van der Waals surface area (Å²) in [5.74, 6) is -0.235. The summed E-state index contributed by atoms with van der Waals surface area (Å²) in [5.41, 5.74) is 3.25. The molecule has 1 atom stereocenters. The summed E-state index contributed by atoms with van der Waals surface area (Å²) in [4.78, 5) is 0. The summed E-state index contributed by atoms with van der Waals surface area (Å²) in [6, 6.07) is 6.44. The molecule has 0 aliphatic heterocycles. The standard InChI is InChI=1S/C16H21FN4S/c1-4-21-12(3)15(10-19-21)11(2)20-16(22)18-9-13-5-7-14(17)8-6-13/h5-8,10-11H,4,9H2,1-3H3,(H2,18,20,22). The van der Waals surface area contributed by atoms with Gasteiger partial charge in [-0.15, -0.1) is 0 Å². The second-order valence-electron chi connectivity index (χ2n) is 5.18. The summed E-state index contributed by atoms with van der Waals surface area (Å²) < 4.78 is 14.8. The summed E-state index contributed by atoms with van der Waals surface area (Å²) in [7, 11) is 0. The first kappa shape index (κ1) is 16.4. The fraction of sp³-hybridized carbons (Fsp3) is 0.375. The maximum absolute atomic E-state index is 12.8. The van der Waals surface area contributed by atoms with Gasteiger partial charge in [-0.05, 0) is 50.7 Å². The van der Waals surface area contributed by atoms with Crippen LogP contribution in [-0.2, 0) is 13.1 Å². The molecule has 1 heterocycles. The van der Waals surface area contributed by atoms with Crippen molar-refractivity contribution < 1.29 is 4.39 Å². The molecule has 1 aromatic heterocycles. The van der Waals surface area contributed by atoms with E-state index in [4.69, 9.17) is 12.2 Å². The second-order valence-corrected chi connectivity index (χ2v) is 5.58. The van der Waals surface area contributed by atoms with Crippen molar-refractivity contribution in [2.75, 3.05) is 0 Å². The van der Waals surface area contributed by atoms with Crippen molar-refractivity contribution in [3.8, 4) is 0 Å². The highest BCUT2D eigenvalue weighted by Crippen LogP contribution is 2.16. The molecular formula is C16H21FN4S. The molecule has 22 heavy (non-hydrogen) atoms. The van der Waals surface area contributed by atoms with Crippen LogP contribution in [0.15, 0.2) is 30.5 Å². The van der Waals surface area contributed by atoms with Gasteiger partial charge < -0.3 is 10.6 Å². The highest BCUT2D eigenvalue weighted by molar-refractivity contribution is 7.80. The molecule has 1 unspecified atom stereocenters. The molecule has 4 nitrogen and oxygen atoms in total. The Hall–Kier alpha value is -1.95. The summed E-state index contributed by atoms with van der Waals surface area (Å²) in [6.45, 7) is 7.59. The van der Waals surface area contributed by atoms with Crippen LogP contribution in [0, 0.1) is 12.7 Å². The predicted molar refractivity (Wildman–Crippen MR) is 90.0 cm³/mol. The van der Waals surface area contributed by atoms with Gasteiger partial charge in [0.2, 0.25) is 0 Å². The van der Waals surface area contributed by atoms with Gasteiger partial charge in [0.1, 0.15) is 5.82 Å². The van der Waals surface area contributed by atoms with Gasteiger partial charge in [-0.2, -0.15) is 5.10 Å². The van der Waals surface area contributed by atoms with Crippen LogP contribution in [0.4, 0.5) is 4.39 Å². The molecule has 118 valence electrons. The van der Waals surface area contributed by atoms with Crippen LogP contribution in [0.1, 0.15) is 36.7 Å². The van der Waals surface area contributed by atoms with Crippen LogP contribution in [0.2, 0.25) is 0 Å². The Balaban J connectivity index is 1.88. The second kappa shape index (κ2) is 7.35. The Bertz CT molecular complexity index is 636. The van der Waals surface area contributed by atoms with Gasteiger partial charge in [-0.25, -0.2) is 4.39 Å². The van der Waals surface area contributed by atoms with E-state index in [1.54, 1.807) is 12.1 Å². The molecule has 0 saturated heterocycles. The van der Waals surface area contributed by atoms with E-state index in [1.165, 1.54) is 12.1 Å². The van der Waals surface area contributed by atoms with E-state index in [-0.39, 0.29) is 11.9 Å². The summed E-state index contributed by atoms with van der Waals surface area (Å²) >= 11 is 5.31. The van der Waals surface area contributed by atoms with Crippen LogP contribution in [-0.4, -0.2) is 14.9 Å². The lowest BCUT2D eigenvalue weighted by atomic mass is 10.1. The molecule has 6 heteroatoms. The Morgan fingerprint density at radius 2 is 2.05 bits per heavy atom. The van der Waals surface area contributed by atoms with E-state index in [2.05, 4.69) is 36.5 Å². The van der Waals surface area contributed by atoms with Gasteiger partial charge in [0.15, 0.2) is 5.11 Å². The lowest BCUT2D eigenvalue weighted by molar-refractivity contribution is 0.626. The molecule has 2 aromatic rings. The highest BCUT2D eigenvalue weighted by Gasteiger charge is 2.13. The van der Waals surface area contributed by atoms with Crippen molar-refractivity contribution in [2.24, 2.45) is 0 Å². The number of nitrogens with zero attached hydrogens (tertiary/aromatic N) is 2. The first-order chi connectivity index (χ1) is 10.5. The van der Waals surface area contributed by atoms with E-state index < -0.39 is 0 Å². The number of aryl methyl sites for hydroxylation is 1. The average Bonchev–Trinajstić information content (AvgIpc) is 2.87. The third-order valence-electron chi connectivity index (χ3n) is 3.62. The molecule has 0 saturated carbocycles. The Kier molecular flexibility index (Phi) is 5.49. The predicted octanol–water partition coefficient (Wildman–Crippen LogP) is 3.08. The molecule has 0 radical (unpaired) electrons. The third kappa shape index (κ3) is 4.04. The minimum Gasteiger partial charge on any atom is -0.359 e. The summed E-state index contributed by atoms with van der Waals surface area (Å²) in [5, 5.41) is 11.3. The lowest BCUT2D eigenvalue weighted by Gasteiger charge is -2.17. The van der Waals surface area contributed by atoms with Crippen molar-refractivity contribution in [1.29, 1.82) is 0 Å². The molecule has 0 amide bonds. The largest absolute Gasteiger partial charge is 0.359 e. The fourth-order valence-electron chi connectivity index (χ4n) is 2.31. The number of rotatable bonds is 5. The molecule has 0 fully saturated rings. The van der Waals surface area contributed by atoms with E-state index in [9.17, 15) is 4.39 Å². The van der Waals surface area contributed by atoms with Crippen LogP contribution < -0.4 is 10.6 Å². The molecule has 2 N–H and O–H groups in total. The molecule has 0 aliphatic rings. The average molecular weight is 320 g/mol. The van der Waals surface area contributed by atoms with E-state index in [1.807, 2.05) is 10.9 Å². The number of hydrogen-bond donors (Lipinski definition) is 2. The van der Waals surface area contributed by atoms with E-state index in [0.717, 1.165) is 23.4 Å². The maximum Gasteiger partial charge on any atom is 0.167 e. The monoisotopic (exact) mass is 320 g/mol. The topological polar surface area (TPSA) is 41.9 Å². The maximum atomic E-state index is 12.8. The normalized spacial score (nSPS) is 12.0. The molecule has 1 aromatic carbocycles. The zero-order valence-electron chi connectivity index (χ0n) is 13.1. The van der Waals surface area contributed by atoms with Crippen molar-refractivity contribution in [1.82, 2.24) is 20.4 Å².